The quantitative estimate of drug-likeness (QED) is 0.498. The fourth-order valence-electron chi connectivity index (χ4n) is 0.132. The molecule has 0 aromatic rings. The van der Waals surface area contributed by atoms with Crippen molar-refractivity contribution in [2.24, 2.45) is 5.50 Å². The van der Waals surface area contributed by atoms with Gasteiger partial charge < -0.3 is 9.42 Å². The monoisotopic (exact) mass is 109 g/mol. The molecule has 0 fully saturated rings. The molecule has 6 heavy (non-hydrogen) atoms. The Kier molecular flexibility index (Phi) is 3.68. The Bertz CT molecular complexity index is 32.7. The van der Waals surface area contributed by atoms with E-state index in [0.717, 1.165) is 0 Å². The van der Waals surface area contributed by atoms with Gasteiger partial charge >= 0.3 is 0 Å². The summed E-state index contributed by atoms with van der Waals surface area (Å²) in [6.45, 7) is 2.26. The SMILES string of the molecule is CCOP(N)O. The van der Waals surface area contributed by atoms with E-state index in [1.165, 1.54) is 0 Å². The Morgan fingerprint density at radius 3 is 2.50 bits per heavy atom. The predicted molar refractivity (Wildman–Crippen MR) is 25.0 cm³/mol. The van der Waals surface area contributed by atoms with Crippen LogP contribution in [0.1, 0.15) is 6.92 Å². The molecular formula is C2H8NO2P. The van der Waals surface area contributed by atoms with Gasteiger partial charge in [-0.1, -0.05) is 0 Å². The molecule has 0 amide bonds. The van der Waals surface area contributed by atoms with Gasteiger partial charge in [0, 0.05) is 0 Å². The molecule has 3 nitrogen and oxygen atoms in total. The van der Waals surface area contributed by atoms with Crippen LogP contribution in [0.25, 0.3) is 0 Å². The van der Waals surface area contributed by atoms with Crippen LogP contribution < -0.4 is 5.50 Å². The van der Waals surface area contributed by atoms with Gasteiger partial charge in [-0.25, -0.2) is 0 Å². The lowest BCUT2D eigenvalue weighted by Gasteiger charge is -1.97. The van der Waals surface area contributed by atoms with Crippen molar-refractivity contribution >= 4 is 8.53 Å². The fourth-order valence-corrected chi connectivity index (χ4v) is 0.397. The van der Waals surface area contributed by atoms with E-state index in [0.29, 0.717) is 6.61 Å². The first kappa shape index (κ1) is 6.31. The highest BCUT2D eigenvalue weighted by Gasteiger charge is 1.87. The summed E-state index contributed by atoms with van der Waals surface area (Å²) in [5.41, 5.74) is 4.80. The average Bonchev–Trinajstić information content (AvgIpc) is 1.35. The van der Waals surface area contributed by atoms with Crippen molar-refractivity contribution in [2.75, 3.05) is 6.61 Å². The van der Waals surface area contributed by atoms with E-state index in [1.807, 2.05) is 0 Å². The van der Waals surface area contributed by atoms with E-state index >= 15 is 0 Å². The van der Waals surface area contributed by atoms with Gasteiger partial charge in [0.05, 0.1) is 6.61 Å². The number of rotatable bonds is 2. The Morgan fingerprint density at radius 2 is 2.50 bits per heavy atom. The van der Waals surface area contributed by atoms with Gasteiger partial charge in [0.15, 0.2) is 0 Å². The molecule has 0 radical (unpaired) electrons. The summed E-state index contributed by atoms with van der Waals surface area (Å²) in [5.74, 6) is 0. The van der Waals surface area contributed by atoms with Gasteiger partial charge in [-0.05, 0) is 6.92 Å². The third-order valence-electron chi connectivity index (χ3n) is 0.261. The molecule has 0 rings (SSSR count). The first-order valence-electron chi connectivity index (χ1n) is 1.64. The molecule has 0 saturated carbocycles. The van der Waals surface area contributed by atoms with E-state index in [9.17, 15) is 0 Å². The van der Waals surface area contributed by atoms with E-state index in [1.54, 1.807) is 6.92 Å². The highest BCUT2D eigenvalue weighted by molar-refractivity contribution is 7.43. The summed E-state index contributed by atoms with van der Waals surface area (Å²) in [6, 6.07) is 0. The maximum absolute atomic E-state index is 8.17. The molecular weight excluding hydrogens is 101 g/mol. The Labute approximate surface area is 38.1 Å². The molecule has 38 valence electrons. The summed E-state index contributed by atoms with van der Waals surface area (Å²) in [7, 11) is -1.60. The second-order valence-corrected chi connectivity index (χ2v) is 1.58. The molecule has 0 aliphatic carbocycles. The van der Waals surface area contributed by atoms with Crippen LogP contribution >= 0.6 is 8.53 Å². The Hall–Kier alpha value is 0.310. The molecule has 0 aromatic carbocycles. The summed E-state index contributed by atoms with van der Waals surface area (Å²) in [4.78, 5) is 8.17. The first-order valence-corrected chi connectivity index (χ1v) is 2.92. The molecule has 3 N–H and O–H groups in total. The topological polar surface area (TPSA) is 55.5 Å². The molecule has 0 aliphatic heterocycles. The largest absolute Gasteiger partial charge is 0.338 e. The van der Waals surface area contributed by atoms with Crippen LogP contribution in [-0.2, 0) is 4.52 Å². The Morgan fingerprint density at radius 1 is 2.00 bits per heavy atom. The third-order valence-corrected chi connectivity index (χ3v) is 0.784. The molecule has 0 saturated heterocycles. The minimum atomic E-state index is -1.60. The van der Waals surface area contributed by atoms with Crippen molar-refractivity contribution in [3.8, 4) is 0 Å². The van der Waals surface area contributed by atoms with Crippen LogP contribution in [0.15, 0.2) is 0 Å². The summed E-state index contributed by atoms with van der Waals surface area (Å²) < 4.78 is 4.44. The van der Waals surface area contributed by atoms with Crippen LogP contribution in [0.4, 0.5) is 0 Å². The third kappa shape index (κ3) is 4.31. The van der Waals surface area contributed by atoms with Gasteiger partial charge in [-0.15, -0.1) is 0 Å². The van der Waals surface area contributed by atoms with Crippen molar-refractivity contribution in [3.63, 3.8) is 0 Å². The first-order chi connectivity index (χ1) is 2.77. The average molecular weight is 109 g/mol. The van der Waals surface area contributed by atoms with Gasteiger partial charge in [0.25, 0.3) is 0 Å². The van der Waals surface area contributed by atoms with Gasteiger partial charge in [-0.3, -0.25) is 5.50 Å². The van der Waals surface area contributed by atoms with Crippen LogP contribution in [0.2, 0.25) is 0 Å². The summed E-state index contributed by atoms with van der Waals surface area (Å²) in [6.07, 6.45) is 0. The van der Waals surface area contributed by atoms with E-state index in [4.69, 9.17) is 10.4 Å². The highest BCUT2D eigenvalue weighted by atomic mass is 31.2. The molecule has 1 atom stereocenters. The standard InChI is InChI=1S/C2H8NO2P/c1-2-5-6(3)4/h4H,2-3H2,1H3. The van der Waals surface area contributed by atoms with E-state index in [-0.39, 0.29) is 0 Å². The number of hydrogen-bond donors (Lipinski definition) is 2. The summed E-state index contributed by atoms with van der Waals surface area (Å²) in [5, 5.41) is 0. The van der Waals surface area contributed by atoms with Crippen molar-refractivity contribution < 1.29 is 9.42 Å². The molecule has 4 heteroatoms. The van der Waals surface area contributed by atoms with Gasteiger partial charge in [-0.2, -0.15) is 0 Å². The normalized spacial score (nSPS) is 14.5. The van der Waals surface area contributed by atoms with Crippen LogP contribution in [0.5, 0.6) is 0 Å². The maximum atomic E-state index is 8.17. The number of nitrogens with two attached hydrogens (primary N) is 1. The zero-order chi connectivity index (χ0) is 4.99. The lowest BCUT2D eigenvalue weighted by molar-refractivity contribution is 0.330. The highest BCUT2D eigenvalue weighted by Crippen LogP contribution is 2.17. The smallest absolute Gasteiger partial charge is 0.250 e. The lowest BCUT2D eigenvalue weighted by Crippen LogP contribution is -1.90. The molecule has 1 unspecified atom stereocenters. The van der Waals surface area contributed by atoms with E-state index in [2.05, 4.69) is 4.52 Å². The van der Waals surface area contributed by atoms with Crippen molar-refractivity contribution in [1.29, 1.82) is 0 Å². The second-order valence-electron chi connectivity index (χ2n) is 0.720. The lowest BCUT2D eigenvalue weighted by atomic mass is 10.9. The van der Waals surface area contributed by atoms with E-state index < -0.39 is 8.53 Å². The van der Waals surface area contributed by atoms with Crippen molar-refractivity contribution in [1.82, 2.24) is 0 Å². The minimum absolute atomic E-state index is 0.485. The van der Waals surface area contributed by atoms with Gasteiger partial charge in [0.2, 0.25) is 8.53 Å². The fraction of sp³-hybridized carbons (Fsp3) is 1.00. The summed E-state index contributed by atoms with van der Waals surface area (Å²) >= 11 is 0. The molecule has 0 bridgehead atoms. The molecule has 0 aliphatic rings. The van der Waals surface area contributed by atoms with Crippen LogP contribution in [0, 0.1) is 0 Å². The predicted octanol–water partition coefficient (Wildman–Crippen LogP) is 0.201. The van der Waals surface area contributed by atoms with Gasteiger partial charge in [0.1, 0.15) is 0 Å². The number of hydrogen-bond acceptors (Lipinski definition) is 3. The Balaban J connectivity index is 2.63. The van der Waals surface area contributed by atoms with Crippen molar-refractivity contribution in [3.05, 3.63) is 0 Å². The minimum Gasteiger partial charge on any atom is -0.338 e. The zero-order valence-electron chi connectivity index (χ0n) is 3.59. The maximum Gasteiger partial charge on any atom is 0.250 e. The zero-order valence-corrected chi connectivity index (χ0v) is 4.48. The molecule has 0 aromatic heterocycles. The van der Waals surface area contributed by atoms with Crippen LogP contribution in [0.3, 0.4) is 0 Å². The second kappa shape index (κ2) is 3.50. The van der Waals surface area contributed by atoms with Crippen LogP contribution in [-0.4, -0.2) is 11.5 Å². The molecule has 0 spiro atoms. The molecule has 0 heterocycles. The van der Waals surface area contributed by atoms with Crippen molar-refractivity contribution in [2.45, 2.75) is 6.92 Å².